The summed E-state index contributed by atoms with van der Waals surface area (Å²) in [6.45, 7) is 0. The molecule has 7 aromatic carbocycles. The van der Waals surface area contributed by atoms with E-state index < -0.39 is 0 Å². The molecule has 0 saturated carbocycles. The standard InChI is InChI=1S/C45H26ClN3OS/c46-33-21-22-35-39(26-33)50-38-14-7-13-36(42(35)38)45-48-43(47-44(49-45)32-20-23-41-37(25-32)34-12-4-5-15-40(34)51-41)31-11-6-10-30(24-31)29-18-16-28(17-19-29)27-8-2-1-3-9-27/h1-26H. The van der Waals surface area contributed by atoms with E-state index in [-0.39, 0.29) is 0 Å². The molecule has 10 aromatic rings. The van der Waals surface area contributed by atoms with Crippen LogP contribution < -0.4 is 0 Å². The third kappa shape index (κ3) is 5.26. The van der Waals surface area contributed by atoms with E-state index in [4.69, 9.17) is 31.0 Å². The van der Waals surface area contributed by atoms with Crippen molar-refractivity contribution >= 4 is 65.0 Å². The van der Waals surface area contributed by atoms with Gasteiger partial charge >= 0.3 is 0 Å². The third-order valence-electron chi connectivity index (χ3n) is 9.42. The van der Waals surface area contributed by atoms with Gasteiger partial charge in [0, 0.05) is 58.7 Å². The predicted molar refractivity (Wildman–Crippen MR) is 212 cm³/mol. The Labute approximate surface area is 302 Å². The Morgan fingerprint density at radius 1 is 0.412 bits per heavy atom. The van der Waals surface area contributed by atoms with E-state index in [0.717, 1.165) is 49.8 Å². The number of rotatable bonds is 5. The van der Waals surface area contributed by atoms with Gasteiger partial charge in [-0.25, -0.2) is 15.0 Å². The summed E-state index contributed by atoms with van der Waals surface area (Å²) < 4.78 is 8.74. The van der Waals surface area contributed by atoms with Crippen LogP contribution in [0.5, 0.6) is 0 Å². The Hall–Kier alpha value is -6.14. The van der Waals surface area contributed by atoms with E-state index in [9.17, 15) is 0 Å². The summed E-state index contributed by atoms with van der Waals surface area (Å²) in [7, 11) is 0. The second kappa shape index (κ2) is 12.0. The summed E-state index contributed by atoms with van der Waals surface area (Å²) in [5, 5.41) is 4.95. The van der Waals surface area contributed by atoms with Gasteiger partial charge in [0.05, 0.1) is 0 Å². The quantitative estimate of drug-likeness (QED) is 0.180. The lowest BCUT2D eigenvalue weighted by molar-refractivity contribution is 0.669. The number of nitrogens with zero attached hydrogens (tertiary/aromatic N) is 3. The molecule has 3 aromatic heterocycles. The maximum Gasteiger partial charge on any atom is 0.164 e. The second-order valence-corrected chi connectivity index (χ2v) is 14.1. The molecule has 3 heterocycles. The van der Waals surface area contributed by atoms with Gasteiger partial charge in [0.1, 0.15) is 11.2 Å². The molecule has 0 unspecified atom stereocenters. The average Bonchev–Trinajstić information content (AvgIpc) is 3.75. The fraction of sp³-hybridized carbons (Fsp3) is 0. The van der Waals surface area contributed by atoms with Crippen LogP contribution >= 0.6 is 22.9 Å². The van der Waals surface area contributed by atoms with Crippen molar-refractivity contribution in [3.05, 3.63) is 163 Å². The lowest BCUT2D eigenvalue weighted by Crippen LogP contribution is -2.00. The SMILES string of the molecule is Clc1ccc2c(c1)oc1cccc(-c3nc(-c4cccc(-c5ccc(-c6ccccc6)cc5)c4)nc(-c4ccc5sc6ccccc6c5c4)n3)c12. The first-order valence-corrected chi connectivity index (χ1v) is 17.9. The number of hydrogen-bond acceptors (Lipinski definition) is 5. The zero-order valence-corrected chi connectivity index (χ0v) is 28.6. The van der Waals surface area contributed by atoms with E-state index in [1.165, 1.54) is 31.3 Å². The van der Waals surface area contributed by atoms with E-state index in [1.807, 2.05) is 36.4 Å². The summed E-state index contributed by atoms with van der Waals surface area (Å²) in [6.07, 6.45) is 0. The summed E-state index contributed by atoms with van der Waals surface area (Å²) in [5.74, 6) is 1.78. The summed E-state index contributed by atoms with van der Waals surface area (Å²) in [6, 6.07) is 54.3. The molecule has 6 heteroatoms. The number of halogens is 1. The molecule has 240 valence electrons. The third-order valence-corrected chi connectivity index (χ3v) is 10.8. The number of furan rings is 1. The van der Waals surface area contributed by atoms with Crippen LogP contribution in [0.2, 0.25) is 5.02 Å². The topological polar surface area (TPSA) is 51.8 Å². The summed E-state index contributed by atoms with van der Waals surface area (Å²) in [5.41, 5.74) is 8.76. The number of hydrogen-bond donors (Lipinski definition) is 0. The Kier molecular flexibility index (Phi) is 7.01. The van der Waals surface area contributed by atoms with Crippen molar-refractivity contribution in [1.29, 1.82) is 0 Å². The van der Waals surface area contributed by atoms with Crippen molar-refractivity contribution in [3.8, 4) is 56.4 Å². The number of benzene rings is 7. The zero-order chi connectivity index (χ0) is 33.9. The first-order chi connectivity index (χ1) is 25.1. The molecule has 0 atom stereocenters. The van der Waals surface area contributed by atoms with Crippen LogP contribution in [-0.2, 0) is 0 Å². The van der Waals surface area contributed by atoms with Crippen molar-refractivity contribution in [3.63, 3.8) is 0 Å². The minimum absolute atomic E-state index is 0.575. The highest BCUT2D eigenvalue weighted by Crippen LogP contribution is 2.39. The Bertz CT molecular complexity index is 2930. The summed E-state index contributed by atoms with van der Waals surface area (Å²) in [4.78, 5) is 15.5. The van der Waals surface area contributed by atoms with Crippen LogP contribution in [0.4, 0.5) is 0 Å². The maximum atomic E-state index is 6.35. The van der Waals surface area contributed by atoms with Gasteiger partial charge in [0.15, 0.2) is 17.5 Å². The van der Waals surface area contributed by atoms with Gasteiger partial charge in [0.25, 0.3) is 0 Å². The normalized spacial score (nSPS) is 11.6. The second-order valence-electron chi connectivity index (χ2n) is 12.6. The molecule has 4 nitrogen and oxygen atoms in total. The molecular weight excluding hydrogens is 666 g/mol. The van der Waals surface area contributed by atoms with Crippen molar-refractivity contribution in [2.75, 3.05) is 0 Å². The highest BCUT2D eigenvalue weighted by molar-refractivity contribution is 7.25. The van der Waals surface area contributed by atoms with Crippen LogP contribution in [0.1, 0.15) is 0 Å². The number of thiophene rings is 1. The smallest absolute Gasteiger partial charge is 0.164 e. The molecule has 0 radical (unpaired) electrons. The molecule has 0 aliphatic carbocycles. The van der Waals surface area contributed by atoms with Crippen LogP contribution in [0.15, 0.2) is 162 Å². The van der Waals surface area contributed by atoms with Gasteiger partial charge in [-0.3, -0.25) is 0 Å². The molecule has 0 aliphatic heterocycles. The fourth-order valence-corrected chi connectivity index (χ4v) is 8.18. The molecule has 51 heavy (non-hydrogen) atoms. The molecule has 0 amide bonds. The van der Waals surface area contributed by atoms with Gasteiger partial charge in [-0.2, -0.15) is 0 Å². The maximum absolute atomic E-state index is 6.35. The van der Waals surface area contributed by atoms with Gasteiger partial charge in [-0.15, -0.1) is 11.3 Å². The van der Waals surface area contributed by atoms with Gasteiger partial charge in [-0.05, 0) is 70.8 Å². The molecule has 0 bridgehead atoms. The molecule has 10 rings (SSSR count). The van der Waals surface area contributed by atoms with Crippen molar-refractivity contribution in [2.45, 2.75) is 0 Å². The average molecular weight is 692 g/mol. The lowest BCUT2D eigenvalue weighted by atomic mass is 9.99. The lowest BCUT2D eigenvalue weighted by Gasteiger charge is -2.11. The van der Waals surface area contributed by atoms with Crippen molar-refractivity contribution in [2.24, 2.45) is 0 Å². The van der Waals surface area contributed by atoms with Crippen LogP contribution in [0, 0.1) is 0 Å². The minimum atomic E-state index is 0.575. The Balaban J connectivity index is 1.15. The van der Waals surface area contributed by atoms with Gasteiger partial charge in [0.2, 0.25) is 0 Å². The highest BCUT2D eigenvalue weighted by Gasteiger charge is 2.19. The van der Waals surface area contributed by atoms with Crippen molar-refractivity contribution < 1.29 is 4.42 Å². The molecular formula is C45H26ClN3OS. The minimum Gasteiger partial charge on any atom is -0.456 e. The van der Waals surface area contributed by atoms with E-state index in [1.54, 1.807) is 11.3 Å². The number of aromatic nitrogens is 3. The van der Waals surface area contributed by atoms with Gasteiger partial charge < -0.3 is 4.42 Å². The largest absolute Gasteiger partial charge is 0.456 e. The first-order valence-electron chi connectivity index (χ1n) is 16.7. The van der Waals surface area contributed by atoms with E-state index in [2.05, 4.69) is 121 Å². The number of fused-ring (bicyclic) bond motifs is 6. The fourth-order valence-electron chi connectivity index (χ4n) is 6.93. The first kappa shape index (κ1) is 29.7. The highest BCUT2D eigenvalue weighted by atomic mass is 35.5. The molecule has 0 spiro atoms. The van der Waals surface area contributed by atoms with Crippen molar-refractivity contribution in [1.82, 2.24) is 15.0 Å². The van der Waals surface area contributed by atoms with Gasteiger partial charge in [-0.1, -0.05) is 115 Å². The van der Waals surface area contributed by atoms with Crippen LogP contribution in [-0.4, -0.2) is 15.0 Å². The molecule has 0 aliphatic rings. The van der Waals surface area contributed by atoms with Crippen LogP contribution in [0.3, 0.4) is 0 Å². The van der Waals surface area contributed by atoms with Crippen LogP contribution in [0.25, 0.3) is 98.5 Å². The molecule has 0 fully saturated rings. The monoisotopic (exact) mass is 691 g/mol. The Morgan fingerprint density at radius 2 is 1.04 bits per heavy atom. The Morgan fingerprint density at radius 3 is 1.88 bits per heavy atom. The van der Waals surface area contributed by atoms with E-state index in [0.29, 0.717) is 22.5 Å². The summed E-state index contributed by atoms with van der Waals surface area (Å²) >= 11 is 8.15. The predicted octanol–water partition coefficient (Wildman–Crippen LogP) is 13.1. The molecule has 0 N–H and O–H groups in total. The molecule has 0 saturated heterocycles. The van der Waals surface area contributed by atoms with E-state index >= 15 is 0 Å². The zero-order valence-electron chi connectivity index (χ0n) is 27.0.